The Labute approximate surface area is 74.2 Å². The van der Waals surface area contributed by atoms with Crippen LogP contribution in [0, 0.1) is 0 Å². The molecule has 1 heterocycles. The summed E-state index contributed by atoms with van der Waals surface area (Å²) in [5.41, 5.74) is 1.02. The van der Waals surface area contributed by atoms with Gasteiger partial charge in [-0.3, -0.25) is 4.68 Å². The molecule has 0 amide bonds. The first kappa shape index (κ1) is 8.74. The number of nitrogens with zero attached hydrogens (tertiary/aromatic N) is 2. The van der Waals surface area contributed by atoms with Gasteiger partial charge in [0, 0.05) is 19.9 Å². The Morgan fingerprint density at radius 1 is 1.73 bits per heavy atom. The van der Waals surface area contributed by atoms with Crippen LogP contribution in [-0.2, 0) is 13.5 Å². The molecule has 0 aliphatic rings. The highest BCUT2D eigenvalue weighted by molar-refractivity contribution is 9.10. The van der Waals surface area contributed by atoms with Gasteiger partial charge in [-0.2, -0.15) is 5.10 Å². The van der Waals surface area contributed by atoms with Crippen LogP contribution >= 0.6 is 15.9 Å². The molecule has 1 aromatic rings. The average Bonchev–Trinajstić information content (AvgIpc) is 2.26. The molecule has 62 valence electrons. The van der Waals surface area contributed by atoms with Crippen LogP contribution in [0.5, 0.6) is 0 Å². The predicted molar refractivity (Wildman–Crippen MR) is 46.3 cm³/mol. The van der Waals surface area contributed by atoms with E-state index in [-0.39, 0.29) is 6.61 Å². The van der Waals surface area contributed by atoms with Crippen molar-refractivity contribution in [2.75, 3.05) is 6.61 Å². The standard InChI is InChI=1S/C7H11BrN2O/c1-10-5-6(8)7(9-10)3-2-4-11/h5,11H,2-4H2,1H3. The van der Waals surface area contributed by atoms with Crippen molar-refractivity contribution in [3.63, 3.8) is 0 Å². The quantitative estimate of drug-likeness (QED) is 0.826. The minimum Gasteiger partial charge on any atom is -0.396 e. The van der Waals surface area contributed by atoms with Crippen LogP contribution in [0.4, 0.5) is 0 Å². The fraction of sp³-hybridized carbons (Fsp3) is 0.571. The highest BCUT2D eigenvalue weighted by Crippen LogP contribution is 2.15. The highest BCUT2D eigenvalue weighted by Gasteiger charge is 2.02. The third-order valence-corrected chi connectivity index (χ3v) is 2.09. The summed E-state index contributed by atoms with van der Waals surface area (Å²) in [4.78, 5) is 0. The van der Waals surface area contributed by atoms with E-state index in [2.05, 4.69) is 21.0 Å². The Morgan fingerprint density at radius 2 is 2.45 bits per heavy atom. The predicted octanol–water partition coefficient (Wildman–Crippen LogP) is 1.11. The van der Waals surface area contributed by atoms with E-state index in [1.165, 1.54) is 0 Å². The molecule has 0 unspecified atom stereocenters. The Morgan fingerprint density at radius 3 is 2.91 bits per heavy atom. The van der Waals surface area contributed by atoms with Gasteiger partial charge in [-0.25, -0.2) is 0 Å². The molecule has 0 spiro atoms. The van der Waals surface area contributed by atoms with E-state index in [4.69, 9.17) is 5.11 Å². The van der Waals surface area contributed by atoms with Crippen LogP contribution in [0.3, 0.4) is 0 Å². The zero-order valence-corrected chi connectivity index (χ0v) is 8.00. The summed E-state index contributed by atoms with van der Waals surface area (Å²) in [6.45, 7) is 0.225. The van der Waals surface area contributed by atoms with E-state index >= 15 is 0 Å². The number of aryl methyl sites for hydroxylation is 2. The number of aromatic nitrogens is 2. The van der Waals surface area contributed by atoms with Crippen molar-refractivity contribution in [3.05, 3.63) is 16.4 Å². The lowest BCUT2D eigenvalue weighted by Gasteiger charge is -1.92. The second kappa shape index (κ2) is 3.88. The van der Waals surface area contributed by atoms with Crippen molar-refractivity contribution in [3.8, 4) is 0 Å². The molecular formula is C7H11BrN2O. The number of halogens is 1. The molecule has 11 heavy (non-hydrogen) atoms. The zero-order chi connectivity index (χ0) is 8.27. The maximum absolute atomic E-state index is 8.58. The number of aliphatic hydroxyl groups is 1. The molecule has 0 aliphatic heterocycles. The van der Waals surface area contributed by atoms with E-state index in [9.17, 15) is 0 Å². The summed E-state index contributed by atoms with van der Waals surface area (Å²) in [6.07, 6.45) is 3.51. The van der Waals surface area contributed by atoms with Crippen LogP contribution in [0.2, 0.25) is 0 Å². The van der Waals surface area contributed by atoms with Gasteiger partial charge in [0.1, 0.15) is 0 Å². The lowest BCUT2D eigenvalue weighted by atomic mass is 10.2. The van der Waals surface area contributed by atoms with Gasteiger partial charge >= 0.3 is 0 Å². The molecule has 0 saturated heterocycles. The van der Waals surface area contributed by atoms with Crippen LogP contribution in [0.15, 0.2) is 10.7 Å². The van der Waals surface area contributed by atoms with E-state index < -0.39 is 0 Å². The lowest BCUT2D eigenvalue weighted by Crippen LogP contribution is -1.93. The number of hydrogen-bond acceptors (Lipinski definition) is 2. The normalized spacial score (nSPS) is 10.5. The minimum absolute atomic E-state index is 0.225. The summed E-state index contributed by atoms with van der Waals surface area (Å²) in [5.74, 6) is 0. The van der Waals surface area contributed by atoms with Gasteiger partial charge in [0.25, 0.3) is 0 Å². The molecule has 0 saturated carbocycles. The molecule has 0 radical (unpaired) electrons. The van der Waals surface area contributed by atoms with Crippen molar-refractivity contribution in [1.29, 1.82) is 0 Å². The smallest absolute Gasteiger partial charge is 0.0767 e. The van der Waals surface area contributed by atoms with E-state index in [0.717, 1.165) is 23.0 Å². The minimum atomic E-state index is 0.225. The molecule has 0 atom stereocenters. The lowest BCUT2D eigenvalue weighted by molar-refractivity contribution is 0.288. The summed E-state index contributed by atoms with van der Waals surface area (Å²) in [6, 6.07) is 0. The Hall–Kier alpha value is -0.350. The first-order valence-corrected chi connectivity index (χ1v) is 4.32. The molecule has 1 N–H and O–H groups in total. The van der Waals surface area contributed by atoms with Crippen molar-refractivity contribution >= 4 is 15.9 Å². The van der Waals surface area contributed by atoms with Gasteiger partial charge in [-0.15, -0.1) is 0 Å². The number of aliphatic hydroxyl groups excluding tert-OH is 1. The van der Waals surface area contributed by atoms with Gasteiger partial charge in [0.2, 0.25) is 0 Å². The number of rotatable bonds is 3. The molecular weight excluding hydrogens is 208 g/mol. The largest absolute Gasteiger partial charge is 0.396 e. The maximum atomic E-state index is 8.58. The fourth-order valence-electron chi connectivity index (χ4n) is 0.921. The number of hydrogen-bond donors (Lipinski definition) is 1. The molecule has 1 rings (SSSR count). The monoisotopic (exact) mass is 218 g/mol. The molecule has 1 aromatic heterocycles. The van der Waals surface area contributed by atoms with Crippen molar-refractivity contribution < 1.29 is 5.11 Å². The topological polar surface area (TPSA) is 38.0 Å². The fourth-order valence-corrected chi connectivity index (χ4v) is 1.50. The Balaban J connectivity index is 2.62. The second-order valence-corrected chi connectivity index (χ2v) is 3.28. The molecule has 0 fully saturated rings. The summed E-state index contributed by atoms with van der Waals surface area (Å²) in [7, 11) is 1.88. The van der Waals surface area contributed by atoms with E-state index in [1.54, 1.807) is 4.68 Å². The Kier molecular flexibility index (Phi) is 3.08. The first-order chi connectivity index (χ1) is 5.24. The van der Waals surface area contributed by atoms with Gasteiger partial charge in [0.05, 0.1) is 10.2 Å². The molecule has 0 aliphatic carbocycles. The van der Waals surface area contributed by atoms with Crippen molar-refractivity contribution in [2.45, 2.75) is 12.8 Å². The summed E-state index contributed by atoms with van der Waals surface area (Å²) < 4.78 is 2.78. The van der Waals surface area contributed by atoms with Crippen LogP contribution in [0.1, 0.15) is 12.1 Å². The SMILES string of the molecule is Cn1cc(Br)c(CCCO)n1. The van der Waals surface area contributed by atoms with Gasteiger partial charge in [0.15, 0.2) is 0 Å². The van der Waals surface area contributed by atoms with Crippen molar-refractivity contribution in [2.24, 2.45) is 7.05 Å². The van der Waals surface area contributed by atoms with Gasteiger partial charge in [-0.1, -0.05) is 0 Å². The Bertz CT molecular complexity index is 234. The third-order valence-electron chi connectivity index (χ3n) is 1.43. The third kappa shape index (κ3) is 2.31. The maximum Gasteiger partial charge on any atom is 0.0767 e. The highest BCUT2D eigenvalue weighted by atomic mass is 79.9. The van der Waals surface area contributed by atoms with Crippen LogP contribution in [-0.4, -0.2) is 21.5 Å². The summed E-state index contributed by atoms with van der Waals surface area (Å²) in [5, 5.41) is 12.8. The zero-order valence-electron chi connectivity index (χ0n) is 6.42. The van der Waals surface area contributed by atoms with Gasteiger partial charge in [-0.05, 0) is 28.8 Å². The van der Waals surface area contributed by atoms with Gasteiger partial charge < -0.3 is 5.11 Å². The molecule has 3 nitrogen and oxygen atoms in total. The molecule has 0 bridgehead atoms. The van der Waals surface area contributed by atoms with Crippen molar-refractivity contribution in [1.82, 2.24) is 9.78 Å². The average molecular weight is 219 g/mol. The first-order valence-electron chi connectivity index (χ1n) is 3.53. The molecule has 4 heteroatoms. The van der Waals surface area contributed by atoms with Crippen LogP contribution in [0.25, 0.3) is 0 Å². The molecule has 0 aromatic carbocycles. The second-order valence-electron chi connectivity index (χ2n) is 2.42. The summed E-state index contributed by atoms with van der Waals surface area (Å²) >= 11 is 3.38. The van der Waals surface area contributed by atoms with Crippen LogP contribution < -0.4 is 0 Å². The van der Waals surface area contributed by atoms with E-state index in [0.29, 0.717) is 0 Å². The van der Waals surface area contributed by atoms with E-state index in [1.807, 2.05) is 13.2 Å².